The molecular weight excluding hydrogens is 248 g/mol. The molecule has 110 valence electrons. The van der Waals surface area contributed by atoms with Crippen LogP contribution in [-0.4, -0.2) is 36.5 Å². The van der Waals surface area contributed by atoms with Crippen LogP contribution in [-0.2, 0) is 17.6 Å². The summed E-state index contributed by atoms with van der Waals surface area (Å²) < 4.78 is 0. The zero-order valence-electron chi connectivity index (χ0n) is 12.7. The number of carbonyl (C=O) groups is 1. The minimum Gasteiger partial charge on any atom is -0.353 e. The van der Waals surface area contributed by atoms with Gasteiger partial charge < -0.3 is 10.2 Å². The van der Waals surface area contributed by atoms with Crippen molar-refractivity contribution >= 4 is 5.91 Å². The van der Waals surface area contributed by atoms with Crippen LogP contribution in [0.4, 0.5) is 0 Å². The molecule has 0 saturated carbocycles. The maximum Gasteiger partial charge on any atom is 0.221 e. The highest BCUT2D eigenvalue weighted by Gasteiger charge is 2.19. The summed E-state index contributed by atoms with van der Waals surface area (Å²) in [6.07, 6.45) is 3.73. The Morgan fingerprint density at radius 2 is 1.95 bits per heavy atom. The number of hydrogen-bond acceptors (Lipinski definition) is 2. The Kier molecular flexibility index (Phi) is 5.60. The summed E-state index contributed by atoms with van der Waals surface area (Å²) >= 11 is 0. The highest BCUT2D eigenvalue weighted by molar-refractivity contribution is 5.76. The van der Waals surface area contributed by atoms with Gasteiger partial charge in [0, 0.05) is 19.0 Å². The number of benzene rings is 1. The fourth-order valence-electron chi connectivity index (χ4n) is 2.92. The van der Waals surface area contributed by atoms with Crippen LogP contribution in [0.1, 0.15) is 37.8 Å². The number of carbonyl (C=O) groups excluding carboxylic acids is 1. The Morgan fingerprint density at radius 1 is 1.25 bits per heavy atom. The van der Waals surface area contributed by atoms with Gasteiger partial charge in [-0.1, -0.05) is 38.1 Å². The maximum atomic E-state index is 12.0. The molecule has 1 atom stereocenters. The number of fused-ring (bicyclic) bond motifs is 1. The number of rotatable bonds is 6. The lowest BCUT2D eigenvalue weighted by Crippen LogP contribution is -2.40. The minimum absolute atomic E-state index is 0.196. The molecule has 0 radical (unpaired) electrons. The van der Waals surface area contributed by atoms with Gasteiger partial charge in [0.1, 0.15) is 0 Å². The van der Waals surface area contributed by atoms with E-state index in [2.05, 4.69) is 48.3 Å². The number of nitrogens with one attached hydrogen (secondary N) is 1. The van der Waals surface area contributed by atoms with E-state index in [0.717, 1.165) is 38.9 Å². The van der Waals surface area contributed by atoms with E-state index in [-0.39, 0.29) is 5.91 Å². The first-order valence-electron chi connectivity index (χ1n) is 7.81. The van der Waals surface area contributed by atoms with E-state index in [9.17, 15) is 4.79 Å². The standard InChI is InChI=1S/C17H26N2O/c1-3-19(4-2)12-11-17(20)18-16-10-9-14-7-5-6-8-15(14)13-16/h5-8,16H,3-4,9-13H2,1-2H3,(H,18,20). The molecule has 1 amide bonds. The van der Waals surface area contributed by atoms with Crippen molar-refractivity contribution in [1.29, 1.82) is 0 Å². The van der Waals surface area contributed by atoms with Crippen LogP contribution in [0.2, 0.25) is 0 Å². The van der Waals surface area contributed by atoms with Gasteiger partial charge in [-0.15, -0.1) is 0 Å². The van der Waals surface area contributed by atoms with Crippen molar-refractivity contribution in [3.63, 3.8) is 0 Å². The average Bonchev–Trinajstić information content (AvgIpc) is 2.48. The second-order valence-corrected chi connectivity index (χ2v) is 5.55. The van der Waals surface area contributed by atoms with Gasteiger partial charge in [-0.05, 0) is 43.5 Å². The smallest absolute Gasteiger partial charge is 0.221 e. The van der Waals surface area contributed by atoms with Crippen LogP contribution in [0.25, 0.3) is 0 Å². The van der Waals surface area contributed by atoms with E-state index < -0.39 is 0 Å². The minimum atomic E-state index is 0.196. The summed E-state index contributed by atoms with van der Waals surface area (Å²) in [5.41, 5.74) is 2.84. The Bertz CT molecular complexity index is 440. The highest BCUT2D eigenvalue weighted by Crippen LogP contribution is 2.20. The summed E-state index contributed by atoms with van der Waals surface area (Å²) in [6.45, 7) is 7.17. The molecule has 1 unspecified atom stereocenters. The first-order chi connectivity index (χ1) is 9.72. The molecule has 0 saturated heterocycles. The fraction of sp³-hybridized carbons (Fsp3) is 0.588. The van der Waals surface area contributed by atoms with Crippen LogP contribution >= 0.6 is 0 Å². The van der Waals surface area contributed by atoms with E-state index in [1.807, 2.05) is 0 Å². The van der Waals surface area contributed by atoms with Gasteiger partial charge in [-0.25, -0.2) is 0 Å². The van der Waals surface area contributed by atoms with Gasteiger partial charge in [0.15, 0.2) is 0 Å². The van der Waals surface area contributed by atoms with E-state index in [0.29, 0.717) is 12.5 Å². The van der Waals surface area contributed by atoms with E-state index in [1.165, 1.54) is 11.1 Å². The van der Waals surface area contributed by atoms with Crippen molar-refractivity contribution < 1.29 is 4.79 Å². The Morgan fingerprint density at radius 3 is 2.65 bits per heavy atom. The van der Waals surface area contributed by atoms with Gasteiger partial charge in [-0.2, -0.15) is 0 Å². The maximum absolute atomic E-state index is 12.0. The van der Waals surface area contributed by atoms with Crippen LogP contribution in [0, 0.1) is 0 Å². The van der Waals surface area contributed by atoms with E-state index in [4.69, 9.17) is 0 Å². The zero-order valence-corrected chi connectivity index (χ0v) is 12.7. The van der Waals surface area contributed by atoms with E-state index in [1.54, 1.807) is 0 Å². The van der Waals surface area contributed by atoms with Crippen molar-refractivity contribution in [3.05, 3.63) is 35.4 Å². The lowest BCUT2D eigenvalue weighted by atomic mass is 9.88. The summed E-state index contributed by atoms with van der Waals surface area (Å²) in [5.74, 6) is 0.196. The molecule has 1 N–H and O–H groups in total. The zero-order chi connectivity index (χ0) is 14.4. The number of amides is 1. The lowest BCUT2D eigenvalue weighted by Gasteiger charge is -2.26. The largest absolute Gasteiger partial charge is 0.353 e. The normalized spacial score (nSPS) is 17.9. The molecular formula is C17H26N2O. The number of hydrogen-bond donors (Lipinski definition) is 1. The molecule has 1 aromatic carbocycles. The SMILES string of the molecule is CCN(CC)CCC(=O)NC1CCc2ccccc2C1. The molecule has 0 spiro atoms. The highest BCUT2D eigenvalue weighted by atomic mass is 16.1. The first kappa shape index (κ1) is 15.0. The molecule has 20 heavy (non-hydrogen) atoms. The monoisotopic (exact) mass is 274 g/mol. The topological polar surface area (TPSA) is 32.3 Å². The van der Waals surface area contributed by atoms with E-state index >= 15 is 0 Å². The van der Waals surface area contributed by atoms with Crippen molar-refractivity contribution in [2.45, 2.75) is 45.6 Å². The van der Waals surface area contributed by atoms with Crippen LogP contribution in [0.5, 0.6) is 0 Å². The molecule has 0 fully saturated rings. The molecule has 0 aromatic heterocycles. The third kappa shape index (κ3) is 4.07. The predicted molar refractivity (Wildman–Crippen MR) is 82.8 cm³/mol. The summed E-state index contributed by atoms with van der Waals surface area (Å²) in [5, 5.41) is 3.20. The van der Waals surface area contributed by atoms with Gasteiger partial charge in [0.2, 0.25) is 5.91 Å². The van der Waals surface area contributed by atoms with Crippen molar-refractivity contribution in [2.75, 3.05) is 19.6 Å². The van der Waals surface area contributed by atoms with Gasteiger partial charge in [-0.3, -0.25) is 4.79 Å². The molecule has 1 aliphatic rings. The molecule has 0 bridgehead atoms. The van der Waals surface area contributed by atoms with Crippen molar-refractivity contribution in [1.82, 2.24) is 10.2 Å². The number of aryl methyl sites for hydroxylation is 1. The van der Waals surface area contributed by atoms with Crippen molar-refractivity contribution in [2.24, 2.45) is 0 Å². The summed E-state index contributed by atoms with van der Waals surface area (Å²) in [7, 11) is 0. The molecule has 3 nitrogen and oxygen atoms in total. The summed E-state index contributed by atoms with van der Waals surface area (Å²) in [6, 6.07) is 8.89. The van der Waals surface area contributed by atoms with Crippen LogP contribution in [0.15, 0.2) is 24.3 Å². The Balaban J connectivity index is 1.79. The second-order valence-electron chi connectivity index (χ2n) is 5.55. The summed E-state index contributed by atoms with van der Waals surface area (Å²) in [4.78, 5) is 14.3. The second kappa shape index (κ2) is 7.44. The van der Waals surface area contributed by atoms with Gasteiger partial charge in [0.25, 0.3) is 0 Å². The molecule has 3 heteroatoms. The Hall–Kier alpha value is -1.35. The van der Waals surface area contributed by atoms with Crippen molar-refractivity contribution in [3.8, 4) is 0 Å². The quantitative estimate of drug-likeness (QED) is 0.864. The predicted octanol–water partition coefficient (Wildman–Crippen LogP) is 2.39. The third-order valence-corrected chi connectivity index (χ3v) is 4.26. The Labute approximate surface area is 122 Å². The van der Waals surface area contributed by atoms with Gasteiger partial charge in [0.05, 0.1) is 0 Å². The molecule has 0 heterocycles. The first-order valence-corrected chi connectivity index (χ1v) is 7.81. The average molecular weight is 274 g/mol. The van der Waals surface area contributed by atoms with Crippen LogP contribution < -0.4 is 5.32 Å². The van der Waals surface area contributed by atoms with Crippen LogP contribution in [0.3, 0.4) is 0 Å². The van der Waals surface area contributed by atoms with Gasteiger partial charge >= 0.3 is 0 Å². The fourth-order valence-corrected chi connectivity index (χ4v) is 2.92. The molecule has 1 aromatic rings. The molecule has 1 aliphatic carbocycles. The molecule has 0 aliphatic heterocycles. The molecule has 2 rings (SSSR count). The lowest BCUT2D eigenvalue weighted by molar-refractivity contribution is -0.122. The number of nitrogens with zero attached hydrogens (tertiary/aromatic N) is 1. The third-order valence-electron chi connectivity index (χ3n) is 4.26.